The average molecular weight is 451 g/mol. The van der Waals surface area contributed by atoms with E-state index in [1.807, 2.05) is 51.2 Å². The first-order valence-corrected chi connectivity index (χ1v) is 10.8. The number of nitrogens with one attached hydrogen (secondary N) is 1. The molecule has 9 nitrogen and oxygen atoms in total. The van der Waals surface area contributed by atoms with Gasteiger partial charge in [0.2, 0.25) is 11.9 Å². The minimum atomic E-state index is -0.309. The first-order chi connectivity index (χ1) is 15.8. The maximum absolute atomic E-state index is 12.9. The van der Waals surface area contributed by atoms with E-state index >= 15 is 0 Å². The van der Waals surface area contributed by atoms with Crippen molar-refractivity contribution in [1.29, 1.82) is 0 Å². The Balaban J connectivity index is 1.64. The summed E-state index contributed by atoms with van der Waals surface area (Å²) in [6.45, 7) is 4.32. The highest BCUT2D eigenvalue weighted by atomic mass is 16.5. The minimum Gasteiger partial charge on any atom is -0.493 e. The van der Waals surface area contributed by atoms with Gasteiger partial charge in [0.25, 0.3) is 5.56 Å². The highest BCUT2D eigenvalue weighted by Gasteiger charge is 2.20. The standard InChI is InChI=1S/C24H30N6O3/c1-15-20-18(13-19(32-5)21(15)33-6)26-23(27-22(20)31)30(4)14-16-8-7-9-17(12-16)25-24-28(2)10-11-29(24)3/h7-9,12-13H,10-11,14H2,1-6H3,(H,26,27,31). The van der Waals surface area contributed by atoms with E-state index in [9.17, 15) is 4.79 Å². The van der Waals surface area contributed by atoms with E-state index in [0.717, 1.165) is 30.3 Å². The third-order valence-electron chi connectivity index (χ3n) is 5.95. The van der Waals surface area contributed by atoms with Gasteiger partial charge in [-0.3, -0.25) is 4.79 Å². The zero-order valence-corrected chi connectivity index (χ0v) is 20.0. The molecule has 1 aliphatic rings. The maximum Gasteiger partial charge on any atom is 0.282 e. The van der Waals surface area contributed by atoms with Crippen molar-refractivity contribution in [3.8, 4) is 11.5 Å². The molecule has 0 saturated carbocycles. The summed E-state index contributed by atoms with van der Waals surface area (Å²) in [5, 5.41) is 0.493. The van der Waals surface area contributed by atoms with Crippen LogP contribution in [0.4, 0.5) is 11.6 Å². The molecule has 1 N–H and O–H groups in total. The molecule has 174 valence electrons. The molecule has 0 aliphatic carbocycles. The van der Waals surface area contributed by atoms with Gasteiger partial charge in [0.05, 0.1) is 30.8 Å². The van der Waals surface area contributed by atoms with Crippen LogP contribution >= 0.6 is 0 Å². The normalized spacial score (nSPS) is 13.6. The van der Waals surface area contributed by atoms with Crippen molar-refractivity contribution < 1.29 is 9.47 Å². The summed E-state index contributed by atoms with van der Waals surface area (Å²) < 4.78 is 10.9. The van der Waals surface area contributed by atoms with Crippen molar-refractivity contribution in [3.63, 3.8) is 0 Å². The Hall–Kier alpha value is -3.75. The van der Waals surface area contributed by atoms with Gasteiger partial charge >= 0.3 is 0 Å². The van der Waals surface area contributed by atoms with Crippen molar-refractivity contribution in [2.24, 2.45) is 4.99 Å². The highest BCUT2D eigenvalue weighted by molar-refractivity contribution is 5.87. The molecule has 1 saturated heterocycles. The molecule has 0 spiro atoms. The molecule has 2 aromatic carbocycles. The Bertz CT molecular complexity index is 1260. The van der Waals surface area contributed by atoms with E-state index in [4.69, 9.17) is 14.5 Å². The molecule has 0 atom stereocenters. The fraction of sp³-hybridized carbons (Fsp3) is 0.375. The number of likely N-dealkylation sites (N-methyl/N-ethyl adjacent to an activating group) is 2. The average Bonchev–Trinajstić information content (AvgIpc) is 3.10. The highest BCUT2D eigenvalue weighted by Crippen LogP contribution is 2.35. The molecule has 0 unspecified atom stereocenters. The zero-order valence-electron chi connectivity index (χ0n) is 20.0. The Morgan fingerprint density at radius 3 is 2.55 bits per heavy atom. The lowest BCUT2D eigenvalue weighted by atomic mass is 10.1. The van der Waals surface area contributed by atoms with Gasteiger partial charge in [-0.25, -0.2) is 4.99 Å². The summed E-state index contributed by atoms with van der Waals surface area (Å²) in [7, 11) is 9.13. The number of hydrogen-bond donors (Lipinski definition) is 1. The summed E-state index contributed by atoms with van der Waals surface area (Å²) >= 11 is 0. The SMILES string of the molecule is COc1cc2[nH]c(N(C)Cc3cccc(N=C4N(C)CCN4C)c3)nc(=O)c2c(C)c1OC. The number of anilines is 1. The van der Waals surface area contributed by atoms with E-state index in [2.05, 4.69) is 25.8 Å². The van der Waals surface area contributed by atoms with Crippen LogP contribution in [0.5, 0.6) is 11.5 Å². The number of ether oxygens (including phenoxy) is 2. The summed E-state index contributed by atoms with van der Waals surface area (Å²) in [6.07, 6.45) is 0. The number of aromatic nitrogens is 2. The summed E-state index contributed by atoms with van der Waals surface area (Å²) in [4.78, 5) is 31.5. The van der Waals surface area contributed by atoms with Gasteiger partial charge < -0.3 is 29.2 Å². The minimum absolute atomic E-state index is 0.309. The van der Waals surface area contributed by atoms with E-state index in [-0.39, 0.29) is 5.56 Å². The van der Waals surface area contributed by atoms with E-state index in [1.54, 1.807) is 20.3 Å². The Kier molecular flexibility index (Phi) is 6.13. The van der Waals surface area contributed by atoms with Crippen LogP contribution in [0.1, 0.15) is 11.1 Å². The van der Waals surface area contributed by atoms with Crippen LogP contribution in [-0.4, -0.2) is 74.2 Å². The van der Waals surface area contributed by atoms with Crippen molar-refractivity contribution in [1.82, 2.24) is 19.8 Å². The van der Waals surface area contributed by atoms with E-state index in [1.165, 1.54) is 0 Å². The van der Waals surface area contributed by atoms with Crippen LogP contribution in [0, 0.1) is 6.92 Å². The molecule has 9 heteroatoms. The quantitative estimate of drug-likeness (QED) is 0.618. The van der Waals surface area contributed by atoms with Gasteiger partial charge in [0, 0.05) is 52.4 Å². The monoisotopic (exact) mass is 450 g/mol. The van der Waals surface area contributed by atoms with E-state index < -0.39 is 0 Å². The third kappa shape index (κ3) is 4.30. The molecule has 3 aromatic rings. The number of nitrogens with zero attached hydrogens (tertiary/aromatic N) is 5. The smallest absolute Gasteiger partial charge is 0.282 e. The van der Waals surface area contributed by atoms with Crippen LogP contribution in [-0.2, 0) is 6.54 Å². The predicted molar refractivity (Wildman–Crippen MR) is 131 cm³/mol. The summed E-state index contributed by atoms with van der Waals surface area (Å²) in [6, 6.07) is 9.86. The number of methoxy groups -OCH3 is 2. The molecule has 1 fully saturated rings. The third-order valence-corrected chi connectivity index (χ3v) is 5.95. The zero-order chi connectivity index (χ0) is 23.7. The van der Waals surface area contributed by atoms with E-state index in [0.29, 0.717) is 40.5 Å². The van der Waals surface area contributed by atoms with Crippen LogP contribution in [0.2, 0.25) is 0 Å². The molecule has 0 bridgehead atoms. The number of fused-ring (bicyclic) bond motifs is 1. The largest absolute Gasteiger partial charge is 0.493 e. The van der Waals surface area contributed by atoms with Crippen molar-refractivity contribution in [2.45, 2.75) is 13.5 Å². The molecular weight excluding hydrogens is 420 g/mol. The second-order valence-corrected chi connectivity index (χ2v) is 8.31. The molecular formula is C24H30N6O3. The number of hydrogen-bond acceptors (Lipinski definition) is 6. The number of benzene rings is 2. The van der Waals surface area contributed by atoms with Gasteiger partial charge in [-0.15, -0.1) is 0 Å². The van der Waals surface area contributed by atoms with Crippen molar-refractivity contribution in [3.05, 3.63) is 51.8 Å². The number of aromatic amines is 1. The number of aliphatic imine (C=N–C) groups is 1. The Morgan fingerprint density at radius 2 is 1.88 bits per heavy atom. The summed E-state index contributed by atoms with van der Waals surface area (Å²) in [5.74, 6) is 2.54. The lowest BCUT2D eigenvalue weighted by Crippen LogP contribution is -2.27. The van der Waals surface area contributed by atoms with Crippen LogP contribution in [0.3, 0.4) is 0 Å². The molecule has 33 heavy (non-hydrogen) atoms. The maximum atomic E-state index is 12.9. The number of H-pyrrole nitrogens is 1. The number of aryl methyl sites for hydroxylation is 1. The van der Waals surface area contributed by atoms with Crippen molar-refractivity contribution in [2.75, 3.05) is 53.4 Å². The number of guanidine groups is 1. The fourth-order valence-electron chi connectivity index (χ4n) is 4.18. The van der Waals surface area contributed by atoms with Gasteiger partial charge in [-0.05, 0) is 24.6 Å². The topological polar surface area (TPSA) is 86.3 Å². The fourth-order valence-corrected chi connectivity index (χ4v) is 4.18. The van der Waals surface area contributed by atoms with Crippen molar-refractivity contribution >= 4 is 28.5 Å². The number of rotatable bonds is 6. The van der Waals surface area contributed by atoms with Crippen LogP contribution in [0.15, 0.2) is 40.1 Å². The molecule has 2 heterocycles. The Morgan fingerprint density at radius 1 is 1.15 bits per heavy atom. The summed E-state index contributed by atoms with van der Waals surface area (Å²) in [5.41, 5.74) is 3.00. The Labute approximate surface area is 193 Å². The van der Waals surface area contributed by atoms with Gasteiger partial charge in [0.1, 0.15) is 0 Å². The van der Waals surface area contributed by atoms with Gasteiger partial charge in [0.15, 0.2) is 11.5 Å². The van der Waals surface area contributed by atoms with Crippen LogP contribution < -0.4 is 19.9 Å². The first-order valence-electron chi connectivity index (χ1n) is 10.8. The molecule has 1 aliphatic heterocycles. The van der Waals surface area contributed by atoms with Crippen LogP contribution in [0.25, 0.3) is 10.9 Å². The lowest BCUT2D eigenvalue weighted by Gasteiger charge is -2.20. The van der Waals surface area contributed by atoms with Gasteiger partial charge in [-0.2, -0.15) is 4.98 Å². The molecule has 4 rings (SSSR count). The lowest BCUT2D eigenvalue weighted by molar-refractivity contribution is 0.354. The van der Waals surface area contributed by atoms with Gasteiger partial charge in [-0.1, -0.05) is 12.1 Å². The predicted octanol–water partition coefficient (Wildman–Crippen LogP) is 2.75. The second kappa shape index (κ2) is 9.01. The molecule has 1 aromatic heterocycles. The molecule has 0 radical (unpaired) electrons. The second-order valence-electron chi connectivity index (χ2n) is 8.31. The first kappa shape index (κ1) is 22.4. The molecule has 0 amide bonds.